The quantitative estimate of drug-likeness (QED) is 0.352. The number of nitrogens with two attached hydrogens (primary N) is 1. The van der Waals surface area contributed by atoms with Crippen molar-refractivity contribution in [3.63, 3.8) is 0 Å². The van der Waals surface area contributed by atoms with Gasteiger partial charge in [-0.25, -0.2) is 19.3 Å². The standard InChI is InChI=1S/C22H22Cl2N4O5S3/c1-12-5-15(6-13(12)10-33-36(25,31)32)28-22-17(9-26-11-27-22)20(29)18-8-19(21(24)34-18)35(30)16-4-2-3-14(23)7-16/h2-4,7-9,11-13,15H,5-6,10H2,1H3,(H2,25,31,32)(H,26,27,28)/t12-,13+,15-,35?/m0/s1. The van der Waals surface area contributed by atoms with E-state index in [0.29, 0.717) is 31.9 Å². The van der Waals surface area contributed by atoms with Crippen LogP contribution >= 0.6 is 34.5 Å². The van der Waals surface area contributed by atoms with E-state index in [1.807, 2.05) is 6.92 Å². The summed E-state index contributed by atoms with van der Waals surface area (Å²) in [6.45, 7) is 1.99. The van der Waals surface area contributed by atoms with Crippen molar-refractivity contribution in [2.24, 2.45) is 17.0 Å². The Morgan fingerprint density at radius 1 is 1.31 bits per heavy atom. The fourth-order valence-corrected chi connectivity index (χ4v) is 7.46. The summed E-state index contributed by atoms with van der Waals surface area (Å²) in [6.07, 6.45) is 4.09. The van der Waals surface area contributed by atoms with Crippen LogP contribution in [0.5, 0.6) is 0 Å². The molecule has 14 heteroatoms. The number of carbonyl (C=O) groups is 1. The number of halogens is 2. The molecule has 1 aromatic carbocycles. The minimum Gasteiger partial charge on any atom is -0.367 e. The van der Waals surface area contributed by atoms with E-state index in [1.54, 1.807) is 24.3 Å². The Labute approximate surface area is 225 Å². The van der Waals surface area contributed by atoms with Gasteiger partial charge in [-0.05, 0) is 48.9 Å². The second-order valence-electron chi connectivity index (χ2n) is 8.42. The van der Waals surface area contributed by atoms with E-state index in [4.69, 9.17) is 32.5 Å². The summed E-state index contributed by atoms with van der Waals surface area (Å²) >= 11 is 13.4. The Hall–Kier alpha value is -1.93. The van der Waals surface area contributed by atoms with Gasteiger partial charge >= 0.3 is 10.3 Å². The van der Waals surface area contributed by atoms with Gasteiger partial charge in [0.25, 0.3) is 0 Å². The fraction of sp³-hybridized carbons (Fsp3) is 0.318. The summed E-state index contributed by atoms with van der Waals surface area (Å²) in [7, 11) is -5.63. The predicted octanol–water partition coefficient (Wildman–Crippen LogP) is 4.29. The maximum Gasteiger partial charge on any atom is 0.333 e. The number of hydrogen-bond acceptors (Lipinski definition) is 9. The average molecular weight is 590 g/mol. The molecule has 1 unspecified atom stereocenters. The third-order valence-electron chi connectivity index (χ3n) is 5.88. The van der Waals surface area contributed by atoms with Gasteiger partial charge in [0.15, 0.2) is 0 Å². The van der Waals surface area contributed by atoms with E-state index in [2.05, 4.69) is 15.3 Å². The van der Waals surface area contributed by atoms with Gasteiger partial charge < -0.3 is 5.32 Å². The number of ketones is 1. The van der Waals surface area contributed by atoms with Crippen molar-refractivity contribution in [1.82, 2.24) is 9.97 Å². The Bertz CT molecular complexity index is 1420. The first kappa shape index (κ1) is 27.1. The molecule has 4 rings (SSSR count). The van der Waals surface area contributed by atoms with Crippen molar-refractivity contribution in [2.45, 2.75) is 35.6 Å². The summed E-state index contributed by atoms with van der Waals surface area (Å²) in [5.41, 5.74) is 0.243. The molecule has 3 aromatic rings. The Balaban J connectivity index is 1.52. The highest BCUT2D eigenvalue weighted by molar-refractivity contribution is 7.85. The minimum absolute atomic E-state index is 0.00597. The lowest BCUT2D eigenvalue weighted by Gasteiger charge is -2.15. The maximum atomic E-state index is 13.4. The molecule has 36 heavy (non-hydrogen) atoms. The van der Waals surface area contributed by atoms with Crippen LogP contribution in [0, 0.1) is 11.8 Å². The molecule has 3 N–H and O–H groups in total. The Morgan fingerprint density at radius 2 is 2.08 bits per heavy atom. The number of aromatic nitrogens is 2. The van der Waals surface area contributed by atoms with Crippen LogP contribution in [0.4, 0.5) is 5.82 Å². The van der Waals surface area contributed by atoms with Gasteiger partial charge in [0.2, 0.25) is 5.78 Å². The molecule has 0 spiro atoms. The molecule has 9 nitrogen and oxygen atoms in total. The molecular weight excluding hydrogens is 567 g/mol. The number of anilines is 1. The number of nitrogens with zero attached hydrogens (tertiary/aromatic N) is 2. The molecule has 0 aliphatic heterocycles. The van der Waals surface area contributed by atoms with E-state index >= 15 is 0 Å². The highest BCUT2D eigenvalue weighted by atomic mass is 35.5. The van der Waals surface area contributed by atoms with Crippen molar-refractivity contribution in [3.8, 4) is 0 Å². The zero-order chi connectivity index (χ0) is 26.0. The summed E-state index contributed by atoms with van der Waals surface area (Å²) in [5, 5.41) is 8.67. The van der Waals surface area contributed by atoms with Gasteiger partial charge in [0.05, 0.1) is 32.7 Å². The van der Waals surface area contributed by atoms with Crippen LogP contribution in [0.25, 0.3) is 0 Å². The van der Waals surface area contributed by atoms with E-state index in [0.717, 1.165) is 17.8 Å². The highest BCUT2D eigenvalue weighted by Gasteiger charge is 2.33. The van der Waals surface area contributed by atoms with Gasteiger partial charge in [0, 0.05) is 22.2 Å². The molecule has 0 bridgehead atoms. The van der Waals surface area contributed by atoms with E-state index < -0.39 is 21.1 Å². The topological polar surface area (TPSA) is 141 Å². The summed E-state index contributed by atoms with van der Waals surface area (Å²) in [6, 6.07) is 8.08. The van der Waals surface area contributed by atoms with Crippen LogP contribution in [-0.4, -0.2) is 41.0 Å². The van der Waals surface area contributed by atoms with E-state index in [1.165, 1.54) is 18.6 Å². The van der Waals surface area contributed by atoms with Crippen molar-refractivity contribution in [1.29, 1.82) is 0 Å². The van der Waals surface area contributed by atoms with Gasteiger partial charge in [0.1, 0.15) is 16.5 Å². The lowest BCUT2D eigenvalue weighted by atomic mass is 10.00. The number of carbonyl (C=O) groups excluding carboxylic acids is 1. The number of hydrogen-bond donors (Lipinski definition) is 2. The number of benzene rings is 1. The lowest BCUT2D eigenvalue weighted by molar-refractivity contribution is 0.104. The summed E-state index contributed by atoms with van der Waals surface area (Å²) in [5.74, 6) is 0.133. The Kier molecular flexibility index (Phi) is 8.45. The normalized spacial score (nSPS) is 20.8. The summed E-state index contributed by atoms with van der Waals surface area (Å²) < 4.78 is 40.3. The van der Waals surface area contributed by atoms with Gasteiger partial charge in [-0.2, -0.15) is 8.42 Å². The second-order valence-corrected chi connectivity index (χ2v) is 13.2. The molecule has 2 heterocycles. The molecule has 1 fully saturated rings. The molecule has 4 atom stereocenters. The third-order valence-corrected chi connectivity index (χ3v) is 9.58. The van der Waals surface area contributed by atoms with Crippen molar-refractivity contribution in [3.05, 3.63) is 62.7 Å². The van der Waals surface area contributed by atoms with Gasteiger partial charge in [-0.3, -0.25) is 8.98 Å². The largest absolute Gasteiger partial charge is 0.367 e. The summed E-state index contributed by atoms with van der Waals surface area (Å²) in [4.78, 5) is 22.7. The van der Waals surface area contributed by atoms with Crippen LogP contribution in [0.1, 0.15) is 35.0 Å². The van der Waals surface area contributed by atoms with Crippen LogP contribution in [0.2, 0.25) is 9.36 Å². The maximum absolute atomic E-state index is 13.4. The first-order valence-corrected chi connectivity index (χ1v) is 15.0. The van der Waals surface area contributed by atoms with Gasteiger partial charge in [-0.15, -0.1) is 11.3 Å². The number of rotatable bonds is 9. The molecule has 1 saturated carbocycles. The number of thiophene rings is 1. The monoisotopic (exact) mass is 588 g/mol. The van der Waals surface area contributed by atoms with Crippen LogP contribution in [-0.2, 0) is 25.3 Å². The van der Waals surface area contributed by atoms with Crippen LogP contribution in [0.15, 0.2) is 52.6 Å². The SMILES string of the molecule is C[C@H]1C[C@H](Nc2ncncc2C(=O)c2cc(S(=O)c3cccc(Cl)c3)c(Cl)s2)C[C@@H]1COS(N)(=O)=O. The smallest absolute Gasteiger partial charge is 0.333 e. The molecular formula is C22H22Cl2N4O5S3. The lowest BCUT2D eigenvalue weighted by Crippen LogP contribution is -2.22. The first-order chi connectivity index (χ1) is 17.0. The van der Waals surface area contributed by atoms with E-state index in [9.17, 15) is 17.4 Å². The van der Waals surface area contributed by atoms with Crippen LogP contribution < -0.4 is 10.5 Å². The fourth-order valence-electron chi connectivity index (χ4n) is 4.10. The molecule has 1 aliphatic carbocycles. The van der Waals surface area contributed by atoms with Crippen molar-refractivity contribution >= 4 is 67.2 Å². The number of nitrogens with one attached hydrogen (secondary N) is 1. The van der Waals surface area contributed by atoms with Gasteiger partial charge in [-0.1, -0.05) is 36.2 Å². The molecule has 1 aliphatic rings. The molecule has 192 valence electrons. The van der Waals surface area contributed by atoms with Crippen LogP contribution in [0.3, 0.4) is 0 Å². The first-order valence-electron chi connectivity index (χ1n) is 10.8. The molecule has 0 saturated heterocycles. The third kappa shape index (κ3) is 6.49. The van der Waals surface area contributed by atoms with Crippen molar-refractivity contribution < 1.29 is 21.6 Å². The van der Waals surface area contributed by atoms with E-state index in [-0.39, 0.29) is 40.2 Å². The predicted molar refractivity (Wildman–Crippen MR) is 139 cm³/mol. The average Bonchev–Trinajstić information content (AvgIpc) is 3.38. The second kappa shape index (κ2) is 11.2. The zero-order valence-corrected chi connectivity index (χ0v) is 22.8. The van der Waals surface area contributed by atoms with Crippen molar-refractivity contribution in [2.75, 3.05) is 11.9 Å². The minimum atomic E-state index is -4.01. The molecule has 2 aromatic heterocycles. The highest BCUT2D eigenvalue weighted by Crippen LogP contribution is 2.36. The zero-order valence-electron chi connectivity index (χ0n) is 18.9. The Morgan fingerprint density at radius 3 is 2.81 bits per heavy atom. The molecule has 0 amide bonds. The molecule has 0 radical (unpaired) electrons.